The molecule has 18 heavy (non-hydrogen) atoms. The zero-order valence-corrected chi connectivity index (χ0v) is 10.2. The van der Waals surface area contributed by atoms with Gasteiger partial charge in [0.05, 0.1) is 4.92 Å². The van der Waals surface area contributed by atoms with Crippen LogP contribution in [0.1, 0.15) is 12.0 Å². The lowest BCUT2D eigenvalue weighted by Gasteiger charge is -2.15. The molecule has 0 saturated carbocycles. The van der Waals surface area contributed by atoms with Crippen molar-refractivity contribution in [3.8, 4) is 0 Å². The molecular formula is C12H16FN3O2. The van der Waals surface area contributed by atoms with Crippen LogP contribution in [0.4, 0.5) is 10.1 Å². The molecule has 0 amide bonds. The molecule has 1 N–H and O–H groups in total. The van der Waals surface area contributed by atoms with Crippen molar-refractivity contribution in [1.82, 2.24) is 10.2 Å². The van der Waals surface area contributed by atoms with E-state index in [9.17, 15) is 14.5 Å². The Kier molecular flexibility index (Phi) is 3.88. The van der Waals surface area contributed by atoms with Crippen LogP contribution in [-0.4, -0.2) is 36.0 Å². The van der Waals surface area contributed by atoms with Gasteiger partial charge in [-0.2, -0.15) is 0 Å². The molecule has 98 valence electrons. The van der Waals surface area contributed by atoms with Gasteiger partial charge in [-0.1, -0.05) is 0 Å². The van der Waals surface area contributed by atoms with Crippen molar-refractivity contribution >= 4 is 5.69 Å². The van der Waals surface area contributed by atoms with E-state index in [2.05, 4.69) is 10.2 Å². The molecule has 1 aromatic rings. The van der Waals surface area contributed by atoms with E-state index in [1.54, 1.807) is 0 Å². The second-order valence-corrected chi connectivity index (χ2v) is 4.54. The van der Waals surface area contributed by atoms with E-state index in [-0.39, 0.29) is 5.69 Å². The largest absolute Gasteiger partial charge is 0.316 e. The smallest absolute Gasteiger partial charge is 0.274 e. The Bertz CT molecular complexity index is 453. The van der Waals surface area contributed by atoms with Gasteiger partial charge < -0.3 is 5.32 Å². The van der Waals surface area contributed by atoms with E-state index in [0.717, 1.165) is 25.6 Å². The summed E-state index contributed by atoms with van der Waals surface area (Å²) in [6, 6.07) is 4.03. The molecule has 2 rings (SSSR count). The first-order valence-electron chi connectivity index (χ1n) is 5.92. The normalized spacial score (nSPS) is 20.2. The highest BCUT2D eigenvalue weighted by molar-refractivity contribution is 5.40. The highest BCUT2D eigenvalue weighted by atomic mass is 19.1. The number of halogens is 1. The highest BCUT2D eigenvalue weighted by Gasteiger charge is 2.23. The first-order chi connectivity index (χ1) is 8.60. The van der Waals surface area contributed by atoms with Crippen LogP contribution >= 0.6 is 0 Å². The number of rotatable bonds is 4. The monoisotopic (exact) mass is 253 g/mol. The second kappa shape index (κ2) is 5.41. The van der Waals surface area contributed by atoms with E-state index >= 15 is 0 Å². The van der Waals surface area contributed by atoms with E-state index < -0.39 is 10.7 Å². The lowest BCUT2D eigenvalue weighted by atomic mass is 10.1. The summed E-state index contributed by atoms with van der Waals surface area (Å²) in [7, 11) is 1.90. The van der Waals surface area contributed by atoms with Gasteiger partial charge in [0.25, 0.3) is 5.69 Å². The molecule has 1 fully saturated rings. The van der Waals surface area contributed by atoms with Crippen molar-refractivity contribution in [3.05, 3.63) is 39.7 Å². The van der Waals surface area contributed by atoms with E-state index in [1.807, 2.05) is 7.05 Å². The van der Waals surface area contributed by atoms with Gasteiger partial charge in [0.15, 0.2) is 0 Å². The fraction of sp³-hybridized carbons (Fsp3) is 0.500. The van der Waals surface area contributed by atoms with Crippen molar-refractivity contribution in [2.24, 2.45) is 0 Å². The van der Waals surface area contributed by atoms with Gasteiger partial charge >= 0.3 is 0 Å². The number of likely N-dealkylation sites (tertiary alicyclic amines) is 1. The van der Waals surface area contributed by atoms with Crippen molar-refractivity contribution in [2.45, 2.75) is 19.0 Å². The van der Waals surface area contributed by atoms with Crippen molar-refractivity contribution in [2.75, 3.05) is 20.1 Å². The van der Waals surface area contributed by atoms with Gasteiger partial charge in [-0.3, -0.25) is 15.0 Å². The maximum Gasteiger partial charge on any atom is 0.274 e. The number of benzene rings is 1. The summed E-state index contributed by atoms with van der Waals surface area (Å²) in [4.78, 5) is 12.5. The SMILES string of the molecule is CNC1CCN(Cc2cc(F)ccc2[N+](=O)[O-])C1. The average Bonchev–Trinajstić information content (AvgIpc) is 2.76. The molecule has 0 spiro atoms. The van der Waals surface area contributed by atoms with E-state index in [4.69, 9.17) is 0 Å². The summed E-state index contributed by atoms with van der Waals surface area (Å²) in [5.74, 6) is -0.431. The van der Waals surface area contributed by atoms with Gasteiger partial charge in [-0.05, 0) is 25.6 Å². The Morgan fingerprint density at radius 3 is 3.00 bits per heavy atom. The molecule has 0 radical (unpaired) electrons. The summed E-state index contributed by atoms with van der Waals surface area (Å²) in [5.41, 5.74) is 0.432. The first kappa shape index (κ1) is 12.9. The van der Waals surface area contributed by atoms with Crippen LogP contribution in [0.3, 0.4) is 0 Å². The average molecular weight is 253 g/mol. The van der Waals surface area contributed by atoms with Gasteiger partial charge in [0, 0.05) is 37.3 Å². The Balaban J connectivity index is 2.13. The number of nitrogens with zero attached hydrogens (tertiary/aromatic N) is 2. The molecule has 1 aliphatic heterocycles. The predicted octanol–water partition coefficient (Wildman–Crippen LogP) is 1.53. The number of nitro benzene ring substituents is 1. The standard InChI is InChI=1S/C12H16FN3O2/c1-14-11-4-5-15(8-11)7-9-6-10(13)2-3-12(9)16(17)18/h2-3,6,11,14H,4-5,7-8H2,1H3. The zero-order valence-electron chi connectivity index (χ0n) is 10.2. The third kappa shape index (κ3) is 2.83. The van der Waals surface area contributed by atoms with Crippen molar-refractivity contribution in [3.63, 3.8) is 0 Å². The van der Waals surface area contributed by atoms with Crippen molar-refractivity contribution < 1.29 is 9.31 Å². The minimum atomic E-state index is -0.458. The van der Waals surface area contributed by atoms with Crippen LogP contribution in [-0.2, 0) is 6.54 Å². The second-order valence-electron chi connectivity index (χ2n) is 4.54. The predicted molar refractivity (Wildman–Crippen MR) is 65.8 cm³/mol. The number of nitrogens with one attached hydrogen (secondary N) is 1. The summed E-state index contributed by atoms with van der Waals surface area (Å²) in [6.07, 6.45) is 1.01. The summed E-state index contributed by atoms with van der Waals surface area (Å²) < 4.78 is 13.2. The number of hydrogen-bond donors (Lipinski definition) is 1. The summed E-state index contributed by atoms with van der Waals surface area (Å²) >= 11 is 0. The molecule has 1 aliphatic rings. The molecule has 1 saturated heterocycles. The van der Waals surface area contributed by atoms with E-state index in [1.165, 1.54) is 12.1 Å². The molecule has 1 heterocycles. The van der Waals surface area contributed by atoms with Gasteiger partial charge in [0.2, 0.25) is 0 Å². The third-order valence-electron chi connectivity index (χ3n) is 3.31. The quantitative estimate of drug-likeness (QED) is 0.653. The highest BCUT2D eigenvalue weighted by Crippen LogP contribution is 2.23. The lowest BCUT2D eigenvalue weighted by molar-refractivity contribution is -0.385. The maximum atomic E-state index is 13.2. The Morgan fingerprint density at radius 1 is 1.61 bits per heavy atom. The Hall–Kier alpha value is -1.53. The molecule has 1 atom stereocenters. The molecule has 0 aromatic heterocycles. The summed E-state index contributed by atoms with van der Waals surface area (Å²) in [5, 5.41) is 14.1. The first-order valence-corrected chi connectivity index (χ1v) is 5.92. The minimum Gasteiger partial charge on any atom is -0.316 e. The maximum absolute atomic E-state index is 13.2. The molecule has 5 nitrogen and oxygen atoms in total. The van der Waals surface area contributed by atoms with Crippen molar-refractivity contribution in [1.29, 1.82) is 0 Å². The van der Waals surface area contributed by atoms with Gasteiger partial charge in [-0.15, -0.1) is 0 Å². The zero-order chi connectivity index (χ0) is 13.1. The number of nitro groups is 1. The van der Waals surface area contributed by atoms with Crippen LogP contribution in [0, 0.1) is 15.9 Å². The van der Waals surface area contributed by atoms with Crippen LogP contribution in [0.5, 0.6) is 0 Å². The molecule has 0 bridgehead atoms. The number of hydrogen-bond acceptors (Lipinski definition) is 4. The third-order valence-corrected chi connectivity index (χ3v) is 3.31. The Morgan fingerprint density at radius 2 is 2.39 bits per heavy atom. The van der Waals surface area contributed by atoms with Crippen LogP contribution in [0.15, 0.2) is 18.2 Å². The lowest BCUT2D eigenvalue weighted by Crippen LogP contribution is -2.29. The fourth-order valence-corrected chi connectivity index (χ4v) is 2.31. The fourth-order valence-electron chi connectivity index (χ4n) is 2.31. The van der Waals surface area contributed by atoms with Crippen LogP contribution in [0.25, 0.3) is 0 Å². The molecule has 6 heteroatoms. The topological polar surface area (TPSA) is 58.4 Å². The molecule has 0 aliphatic carbocycles. The van der Waals surface area contributed by atoms with Crippen LogP contribution < -0.4 is 5.32 Å². The summed E-state index contributed by atoms with van der Waals surface area (Å²) in [6.45, 7) is 2.13. The molecule has 1 aromatic carbocycles. The molecule has 1 unspecified atom stereocenters. The minimum absolute atomic E-state index is 0.00990. The van der Waals surface area contributed by atoms with E-state index in [0.29, 0.717) is 18.2 Å². The van der Waals surface area contributed by atoms with Gasteiger partial charge in [-0.25, -0.2) is 4.39 Å². The van der Waals surface area contributed by atoms with Gasteiger partial charge in [0.1, 0.15) is 5.82 Å². The molecular weight excluding hydrogens is 237 g/mol. The Labute approximate surface area is 105 Å². The van der Waals surface area contributed by atoms with Crippen LogP contribution in [0.2, 0.25) is 0 Å². The number of likely N-dealkylation sites (N-methyl/N-ethyl adjacent to an activating group) is 1.